The fourth-order valence-electron chi connectivity index (χ4n) is 1.22. The Hall–Kier alpha value is -0.900. The van der Waals surface area contributed by atoms with Crippen molar-refractivity contribution in [2.24, 2.45) is 5.92 Å². The molecule has 0 aromatic rings. The minimum Gasteiger partial charge on any atom is -0.481 e. The lowest BCUT2D eigenvalue weighted by molar-refractivity contribution is -0.139. The minimum atomic E-state index is -0.915. The summed E-state index contributed by atoms with van der Waals surface area (Å²) in [5, 5.41) is 8.32. The molecule has 0 saturated carbocycles. The van der Waals surface area contributed by atoms with Crippen LogP contribution in [0, 0.1) is 5.92 Å². The third-order valence-electron chi connectivity index (χ3n) is 1.97. The standard InChI is InChI=1S/C8H12O4/c9-7(1-2-8(10)11)6-3-4-12-5-6/h6H,1-5H2,(H,10,11). The molecule has 1 rings (SSSR count). The number of ether oxygens (including phenoxy) is 1. The van der Waals surface area contributed by atoms with Crippen molar-refractivity contribution in [3.05, 3.63) is 0 Å². The zero-order chi connectivity index (χ0) is 8.97. The molecule has 1 unspecified atom stereocenters. The number of carboxylic acid groups (broad SMARTS) is 1. The summed E-state index contributed by atoms with van der Waals surface area (Å²) in [6.07, 6.45) is 0.831. The Labute approximate surface area is 70.5 Å². The number of aliphatic carboxylic acids is 1. The molecule has 0 spiro atoms. The quantitative estimate of drug-likeness (QED) is 0.669. The van der Waals surface area contributed by atoms with Crippen LogP contribution in [-0.2, 0) is 14.3 Å². The normalized spacial score (nSPS) is 22.5. The molecule has 1 heterocycles. The molecule has 1 atom stereocenters. The van der Waals surface area contributed by atoms with Crippen LogP contribution < -0.4 is 0 Å². The average Bonchev–Trinajstić information content (AvgIpc) is 2.51. The summed E-state index contributed by atoms with van der Waals surface area (Å²) < 4.78 is 5.02. The van der Waals surface area contributed by atoms with E-state index in [0.29, 0.717) is 13.2 Å². The van der Waals surface area contributed by atoms with Gasteiger partial charge in [0.25, 0.3) is 0 Å². The maximum atomic E-state index is 11.2. The molecule has 1 aliphatic heterocycles. The molecule has 0 bridgehead atoms. The molecular formula is C8H12O4. The van der Waals surface area contributed by atoms with Crippen molar-refractivity contribution in [2.45, 2.75) is 19.3 Å². The van der Waals surface area contributed by atoms with E-state index in [0.717, 1.165) is 6.42 Å². The van der Waals surface area contributed by atoms with E-state index in [2.05, 4.69) is 0 Å². The van der Waals surface area contributed by atoms with E-state index in [1.807, 2.05) is 0 Å². The van der Waals surface area contributed by atoms with Gasteiger partial charge in [0.05, 0.1) is 13.0 Å². The van der Waals surface area contributed by atoms with E-state index in [4.69, 9.17) is 9.84 Å². The summed E-state index contributed by atoms with van der Waals surface area (Å²) in [6, 6.07) is 0. The number of ketones is 1. The molecule has 0 amide bonds. The Kier molecular flexibility index (Phi) is 3.22. The highest BCUT2D eigenvalue weighted by atomic mass is 16.5. The summed E-state index contributed by atoms with van der Waals surface area (Å²) >= 11 is 0. The third-order valence-corrected chi connectivity index (χ3v) is 1.97. The highest BCUT2D eigenvalue weighted by Gasteiger charge is 2.23. The molecule has 68 valence electrons. The van der Waals surface area contributed by atoms with Crippen LogP contribution in [0.4, 0.5) is 0 Å². The Bertz CT molecular complexity index is 181. The average molecular weight is 172 g/mol. The number of Topliss-reactive ketones (excluding diaryl/α,β-unsaturated/α-hetero) is 1. The molecule has 4 heteroatoms. The highest BCUT2D eigenvalue weighted by molar-refractivity contribution is 5.84. The van der Waals surface area contributed by atoms with Crippen LogP contribution in [0.2, 0.25) is 0 Å². The molecule has 4 nitrogen and oxygen atoms in total. The van der Waals surface area contributed by atoms with Crippen molar-refractivity contribution >= 4 is 11.8 Å². The Balaban J connectivity index is 2.23. The largest absolute Gasteiger partial charge is 0.481 e. The second kappa shape index (κ2) is 4.21. The zero-order valence-electron chi connectivity index (χ0n) is 6.78. The summed E-state index contributed by atoms with van der Waals surface area (Å²) in [7, 11) is 0. The molecule has 1 saturated heterocycles. The Morgan fingerprint density at radius 3 is 2.67 bits per heavy atom. The van der Waals surface area contributed by atoms with E-state index in [-0.39, 0.29) is 24.5 Å². The van der Waals surface area contributed by atoms with Gasteiger partial charge in [-0.1, -0.05) is 0 Å². The monoisotopic (exact) mass is 172 g/mol. The van der Waals surface area contributed by atoms with Crippen LogP contribution in [0.25, 0.3) is 0 Å². The number of hydrogen-bond acceptors (Lipinski definition) is 3. The summed E-state index contributed by atoms with van der Waals surface area (Å²) in [5.41, 5.74) is 0. The number of carboxylic acids is 1. The van der Waals surface area contributed by atoms with Gasteiger partial charge >= 0.3 is 5.97 Å². The van der Waals surface area contributed by atoms with Crippen LogP contribution in [-0.4, -0.2) is 30.1 Å². The van der Waals surface area contributed by atoms with Gasteiger partial charge in [-0.3, -0.25) is 9.59 Å². The smallest absolute Gasteiger partial charge is 0.303 e. The first-order valence-corrected chi connectivity index (χ1v) is 4.02. The van der Waals surface area contributed by atoms with Crippen molar-refractivity contribution in [2.75, 3.05) is 13.2 Å². The molecule has 0 radical (unpaired) electrons. The third kappa shape index (κ3) is 2.62. The molecular weight excluding hydrogens is 160 g/mol. The molecule has 0 aromatic heterocycles. The lowest BCUT2D eigenvalue weighted by Gasteiger charge is -2.03. The SMILES string of the molecule is O=C(O)CCC(=O)C1CCOC1. The lowest BCUT2D eigenvalue weighted by atomic mass is 10.00. The molecule has 0 aromatic carbocycles. The molecule has 1 fully saturated rings. The maximum absolute atomic E-state index is 11.2. The van der Waals surface area contributed by atoms with Crippen LogP contribution >= 0.6 is 0 Å². The Morgan fingerprint density at radius 2 is 2.17 bits per heavy atom. The van der Waals surface area contributed by atoms with Crippen molar-refractivity contribution in [3.63, 3.8) is 0 Å². The van der Waals surface area contributed by atoms with Gasteiger partial charge in [0.1, 0.15) is 5.78 Å². The lowest BCUT2D eigenvalue weighted by Crippen LogP contribution is -2.15. The van der Waals surface area contributed by atoms with Crippen LogP contribution in [0.1, 0.15) is 19.3 Å². The van der Waals surface area contributed by atoms with Gasteiger partial charge in [-0.15, -0.1) is 0 Å². The van der Waals surface area contributed by atoms with E-state index in [1.165, 1.54) is 0 Å². The van der Waals surface area contributed by atoms with Gasteiger partial charge in [0, 0.05) is 18.9 Å². The van der Waals surface area contributed by atoms with E-state index in [9.17, 15) is 9.59 Å². The predicted octanol–water partition coefficient (Wildman–Crippen LogP) is 0.457. The first kappa shape index (κ1) is 9.19. The molecule has 12 heavy (non-hydrogen) atoms. The number of rotatable bonds is 4. The fourth-order valence-corrected chi connectivity index (χ4v) is 1.22. The first-order chi connectivity index (χ1) is 5.70. The number of hydrogen-bond donors (Lipinski definition) is 1. The van der Waals surface area contributed by atoms with Crippen molar-refractivity contribution in [3.8, 4) is 0 Å². The van der Waals surface area contributed by atoms with Crippen LogP contribution in [0.5, 0.6) is 0 Å². The van der Waals surface area contributed by atoms with E-state index < -0.39 is 5.97 Å². The van der Waals surface area contributed by atoms with Gasteiger partial charge in [0.15, 0.2) is 0 Å². The predicted molar refractivity (Wildman–Crippen MR) is 40.8 cm³/mol. The first-order valence-electron chi connectivity index (χ1n) is 4.02. The van der Waals surface area contributed by atoms with Gasteiger partial charge in [0.2, 0.25) is 0 Å². The maximum Gasteiger partial charge on any atom is 0.303 e. The summed E-state index contributed by atoms with van der Waals surface area (Å²) in [4.78, 5) is 21.3. The molecule has 0 aliphatic carbocycles. The van der Waals surface area contributed by atoms with Crippen molar-refractivity contribution < 1.29 is 19.4 Å². The van der Waals surface area contributed by atoms with Gasteiger partial charge in [-0.2, -0.15) is 0 Å². The minimum absolute atomic E-state index is 0.0231. The topological polar surface area (TPSA) is 63.6 Å². The van der Waals surface area contributed by atoms with Crippen LogP contribution in [0.3, 0.4) is 0 Å². The second-order valence-corrected chi connectivity index (χ2v) is 2.92. The molecule has 1 N–H and O–H groups in total. The van der Waals surface area contributed by atoms with Gasteiger partial charge in [-0.05, 0) is 6.42 Å². The number of carbonyl (C=O) groups excluding carboxylic acids is 1. The Morgan fingerprint density at radius 1 is 1.42 bits per heavy atom. The second-order valence-electron chi connectivity index (χ2n) is 2.92. The zero-order valence-corrected chi connectivity index (χ0v) is 6.78. The van der Waals surface area contributed by atoms with Gasteiger partial charge in [-0.25, -0.2) is 0 Å². The number of carbonyl (C=O) groups is 2. The summed E-state index contributed by atoms with van der Waals surface area (Å²) in [6.45, 7) is 1.10. The fraction of sp³-hybridized carbons (Fsp3) is 0.750. The van der Waals surface area contributed by atoms with Crippen molar-refractivity contribution in [1.29, 1.82) is 0 Å². The van der Waals surface area contributed by atoms with Crippen LogP contribution in [0.15, 0.2) is 0 Å². The summed E-state index contributed by atoms with van der Waals surface area (Å²) in [5.74, 6) is -0.943. The molecule has 1 aliphatic rings. The van der Waals surface area contributed by atoms with Crippen molar-refractivity contribution in [1.82, 2.24) is 0 Å². The van der Waals surface area contributed by atoms with E-state index in [1.54, 1.807) is 0 Å². The van der Waals surface area contributed by atoms with E-state index >= 15 is 0 Å². The van der Waals surface area contributed by atoms with Gasteiger partial charge < -0.3 is 9.84 Å². The highest BCUT2D eigenvalue weighted by Crippen LogP contribution is 2.15.